The minimum absolute atomic E-state index is 0.0223. The van der Waals surface area contributed by atoms with E-state index < -0.39 is 10.9 Å². The normalized spacial score (nSPS) is 10.7. The number of aromatic carboxylic acids is 1. The number of carbonyl (C=O) groups is 1. The van der Waals surface area contributed by atoms with Crippen molar-refractivity contribution in [2.24, 2.45) is 5.10 Å². The van der Waals surface area contributed by atoms with Gasteiger partial charge in [-0.05, 0) is 30.7 Å². The van der Waals surface area contributed by atoms with Gasteiger partial charge in [0.2, 0.25) is 5.75 Å². The molecule has 0 saturated heterocycles. The minimum Gasteiger partial charge on any atom is -0.493 e. The third-order valence-electron chi connectivity index (χ3n) is 4.38. The number of benzene rings is 2. The van der Waals surface area contributed by atoms with Crippen LogP contribution in [0.15, 0.2) is 59.8 Å². The number of anilines is 1. The van der Waals surface area contributed by atoms with Gasteiger partial charge in [-0.3, -0.25) is 15.5 Å². The number of hydrazone groups is 1. The third-order valence-corrected chi connectivity index (χ3v) is 4.38. The second kappa shape index (κ2) is 10.0. The zero-order valence-electron chi connectivity index (χ0n) is 17.3. The first kappa shape index (κ1) is 22.2. The largest absolute Gasteiger partial charge is 0.493 e. The predicted octanol–water partition coefficient (Wildman–Crippen LogP) is 4.03. The van der Waals surface area contributed by atoms with Crippen LogP contribution in [0, 0.1) is 17.0 Å². The summed E-state index contributed by atoms with van der Waals surface area (Å²) in [5.41, 5.74) is 4.77. The smallest absolute Gasteiger partial charge is 0.337 e. The summed E-state index contributed by atoms with van der Waals surface area (Å²) < 4.78 is 11.0. The number of nitro groups is 1. The van der Waals surface area contributed by atoms with Crippen LogP contribution < -0.4 is 14.9 Å². The zero-order valence-corrected chi connectivity index (χ0v) is 17.3. The number of hydrogen-bond donors (Lipinski definition) is 2. The Morgan fingerprint density at radius 2 is 2.00 bits per heavy atom. The topological polar surface area (TPSA) is 136 Å². The molecule has 10 nitrogen and oxygen atoms in total. The van der Waals surface area contributed by atoms with Gasteiger partial charge < -0.3 is 14.6 Å². The van der Waals surface area contributed by atoms with Gasteiger partial charge in [-0.2, -0.15) is 5.10 Å². The van der Waals surface area contributed by atoms with Gasteiger partial charge in [0, 0.05) is 17.8 Å². The van der Waals surface area contributed by atoms with Gasteiger partial charge in [-0.1, -0.05) is 29.8 Å². The number of pyridine rings is 1. The van der Waals surface area contributed by atoms with E-state index in [1.54, 1.807) is 6.07 Å². The van der Waals surface area contributed by atoms with Crippen LogP contribution in [0.3, 0.4) is 0 Å². The van der Waals surface area contributed by atoms with Gasteiger partial charge in [0.15, 0.2) is 5.75 Å². The van der Waals surface area contributed by atoms with Crippen LogP contribution in [0.1, 0.15) is 27.0 Å². The first-order valence-electron chi connectivity index (χ1n) is 9.40. The maximum atomic E-state index is 11.6. The monoisotopic (exact) mass is 436 g/mol. The van der Waals surface area contributed by atoms with E-state index >= 15 is 0 Å². The predicted molar refractivity (Wildman–Crippen MR) is 118 cm³/mol. The maximum absolute atomic E-state index is 11.6. The van der Waals surface area contributed by atoms with Crippen molar-refractivity contribution in [3.05, 3.63) is 87.1 Å². The lowest BCUT2D eigenvalue weighted by molar-refractivity contribution is -0.386. The summed E-state index contributed by atoms with van der Waals surface area (Å²) in [6.07, 6.45) is 2.54. The van der Waals surface area contributed by atoms with Gasteiger partial charge in [0.25, 0.3) is 0 Å². The second-order valence-electron chi connectivity index (χ2n) is 6.71. The van der Waals surface area contributed by atoms with E-state index in [2.05, 4.69) is 15.5 Å². The molecule has 0 bridgehead atoms. The summed E-state index contributed by atoms with van der Waals surface area (Å²) in [7, 11) is 1.39. The summed E-state index contributed by atoms with van der Waals surface area (Å²) in [5, 5.41) is 24.5. The van der Waals surface area contributed by atoms with Gasteiger partial charge in [0.05, 0.1) is 23.8 Å². The van der Waals surface area contributed by atoms with Crippen molar-refractivity contribution in [2.75, 3.05) is 12.5 Å². The molecule has 1 aromatic heterocycles. The van der Waals surface area contributed by atoms with Crippen molar-refractivity contribution in [1.29, 1.82) is 0 Å². The van der Waals surface area contributed by atoms with Gasteiger partial charge in [0.1, 0.15) is 12.4 Å². The lowest BCUT2D eigenvalue weighted by Gasteiger charge is -2.12. The van der Waals surface area contributed by atoms with Crippen LogP contribution in [0.2, 0.25) is 0 Å². The maximum Gasteiger partial charge on any atom is 0.337 e. The Bertz CT molecular complexity index is 1140. The van der Waals surface area contributed by atoms with Crippen LogP contribution in [-0.2, 0) is 6.61 Å². The molecule has 0 spiro atoms. The van der Waals surface area contributed by atoms with E-state index in [0.29, 0.717) is 11.4 Å². The van der Waals surface area contributed by atoms with E-state index in [0.717, 1.165) is 11.1 Å². The Kier molecular flexibility index (Phi) is 6.96. The molecular formula is C22H20N4O6. The standard InChI is InChI=1S/C22H20N4O6/c1-14-3-5-15(6-4-14)13-32-21-18(26(29)30)9-16(10-19(21)31-2)11-24-25-20-8-7-17(12-23-20)22(27)28/h3-12H,13H2,1-2H3,(H,23,25)(H,27,28)/b24-11+. The number of methoxy groups -OCH3 is 1. The highest BCUT2D eigenvalue weighted by atomic mass is 16.6. The van der Waals surface area contributed by atoms with Crippen molar-refractivity contribution < 1.29 is 24.3 Å². The lowest BCUT2D eigenvalue weighted by Crippen LogP contribution is -2.03. The Hall–Kier alpha value is -4.47. The van der Waals surface area contributed by atoms with Crippen LogP contribution in [0.25, 0.3) is 0 Å². The van der Waals surface area contributed by atoms with Crippen LogP contribution in [0.5, 0.6) is 11.5 Å². The average molecular weight is 436 g/mol. The molecule has 3 aromatic rings. The molecular weight excluding hydrogens is 416 g/mol. The molecule has 0 amide bonds. The number of hydrogen-bond acceptors (Lipinski definition) is 8. The molecule has 0 radical (unpaired) electrons. The molecule has 2 N–H and O–H groups in total. The second-order valence-corrected chi connectivity index (χ2v) is 6.71. The fourth-order valence-electron chi connectivity index (χ4n) is 2.71. The fourth-order valence-corrected chi connectivity index (χ4v) is 2.71. The molecule has 164 valence electrons. The highest BCUT2D eigenvalue weighted by Gasteiger charge is 2.22. The molecule has 0 saturated carbocycles. The number of nitrogens with one attached hydrogen (secondary N) is 1. The van der Waals surface area contributed by atoms with Gasteiger partial charge in [-0.15, -0.1) is 0 Å². The molecule has 0 aliphatic rings. The zero-order chi connectivity index (χ0) is 23.1. The number of aryl methyl sites for hydroxylation is 1. The van der Waals surface area contributed by atoms with Crippen molar-refractivity contribution in [2.45, 2.75) is 13.5 Å². The van der Waals surface area contributed by atoms with Crippen LogP contribution in [0.4, 0.5) is 11.5 Å². The lowest BCUT2D eigenvalue weighted by atomic mass is 10.1. The first-order chi connectivity index (χ1) is 15.4. The van der Waals surface area contributed by atoms with Gasteiger partial charge >= 0.3 is 11.7 Å². The van der Waals surface area contributed by atoms with E-state index in [1.165, 1.54) is 37.7 Å². The SMILES string of the molecule is COc1cc(/C=N/Nc2ccc(C(=O)O)cn2)cc([N+](=O)[O-])c1OCc1ccc(C)cc1. The Morgan fingerprint density at radius 1 is 1.25 bits per heavy atom. The Labute approximate surface area is 183 Å². The first-order valence-corrected chi connectivity index (χ1v) is 9.40. The number of carboxylic acids is 1. The van der Waals surface area contributed by atoms with Crippen LogP contribution >= 0.6 is 0 Å². The number of rotatable bonds is 9. The molecule has 0 aliphatic heterocycles. The molecule has 0 atom stereocenters. The van der Waals surface area contributed by atoms with Crippen molar-refractivity contribution >= 4 is 23.7 Å². The molecule has 32 heavy (non-hydrogen) atoms. The third kappa shape index (κ3) is 5.57. The Balaban J connectivity index is 1.79. The number of ether oxygens (including phenoxy) is 2. The highest BCUT2D eigenvalue weighted by Crippen LogP contribution is 2.38. The van der Waals surface area contributed by atoms with Crippen molar-refractivity contribution in [3.8, 4) is 11.5 Å². The summed E-state index contributed by atoms with van der Waals surface area (Å²) in [6.45, 7) is 2.11. The molecule has 0 unspecified atom stereocenters. The van der Waals surface area contributed by atoms with Crippen molar-refractivity contribution in [1.82, 2.24) is 4.98 Å². The van der Waals surface area contributed by atoms with Crippen molar-refractivity contribution in [3.63, 3.8) is 0 Å². The minimum atomic E-state index is -1.09. The number of nitrogens with zero attached hydrogens (tertiary/aromatic N) is 3. The highest BCUT2D eigenvalue weighted by molar-refractivity contribution is 5.87. The van der Waals surface area contributed by atoms with E-state index in [1.807, 2.05) is 31.2 Å². The number of aromatic nitrogens is 1. The summed E-state index contributed by atoms with van der Waals surface area (Å²) in [4.78, 5) is 25.9. The van der Waals surface area contributed by atoms with E-state index in [9.17, 15) is 14.9 Å². The molecule has 1 heterocycles. The Morgan fingerprint density at radius 3 is 2.59 bits per heavy atom. The summed E-state index contributed by atoms with van der Waals surface area (Å²) in [5.74, 6) is -0.562. The van der Waals surface area contributed by atoms with E-state index in [4.69, 9.17) is 14.6 Å². The van der Waals surface area contributed by atoms with Crippen LogP contribution in [-0.4, -0.2) is 34.3 Å². The number of nitro benzene ring substituents is 1. The summed E-state index contributed by atoms with van der Waals surface area (Å²) in [6, 6.07) is 13.3. The molecule has 3 rings (SSSR count). The summed E-state index contributed by atoms with van der Waals surface area (Å²) >= 11 is 0. The molecule has 0 fully saturated rings. The molecule has 10 heteroatoms. The average Bonchev–Trinajstić information content (AvgIpc) is 2.78. The van der Waals surface area contributed by atoms with E-state index in [-0.39, 0.29) is 29.4 Å². The number of carboxylic acid groups (broad SMARTS) is 1. The quantitative estimate of drug-likeness (QED) is 0.291. The van der Waals surface area contributed by atoms with Gasteiger partial charge in [-0.25, -0.2) is 9.78 Å². The fraction of sp³-hybridized carbons (Fsp3) is 0.136. The molecule has 2 aromatic carbocycles. The molecule has 0 aliphatic carbocycles.